The number of anilines is 1. The number of nitrogens with one attached hydrogen (secondary N) is 1. The molecule has 1 rings (SSSR count). The lowest BCUT2D eigenvalue weighted by atomic mass is 10.1. The summed E-state index contributed by atoms with van der Waals surface area (Å²) in [5, 5.41) is 11.5. The molecule has 0 aliphatic rings. The maximum Gasteiger partial charge on any atom is 0.331 e. The summed E-state index contributed by atoms with van der Waals surface area (Å²) >= 11 is 0. The Bertz CT molecular complexity index is 550. The molecular formula is C14H18N2O4. The Morgan fingerprint density at radius 3 is 2.50 bits per heavy atom. The standard InChI is InChI=1S/C14H18N2O4/c1-8(2)20-13-11(6-5-7-15-13)16-12(17)9(3)10(4)14(18)19/h5-8H,1-4H3,(H,16,17)(H,18,19). The molecule has 108 valence electrons. The van der Waals surface area contributed by atoms with Crippen LogP contribution in [0.3, 0.4) is 0 Å². The van der Waals surface area contributed by atoms with Crippen molar-refractivity contribution in [3.63, 3.8) is 0 Å². The van der Waals surface area contributed by atoms with Crippen LogP contribution >= 0.6 is 0 Å². The molecule has 0 aliphatic heterocycles. The van der Waals surface area contributed by atoms with E-state index in [1.165, 1.54) is 13.8 Å². The number of carboxylic acid groups (broad SMARTS) is 1. The van der Waals surface area contributed by atoms with Gasteiger partial charge < -0.3 is 15.2 Å². The average Bonchev–Trinajstić information content (AvgIpc) is 2.38. The van der Waals surface area contributed by atoms with Gasteiger partial charge in [-0.15, -0.1) is 0 Å². The molecule has 0 radical (unpaired) electrons. The van der Waals surface area contributed by atoms with Gasteiger partial charge in [0.2, 0.25) is 5.88 Å². The molecule has 2 N–H and O–H groups in total. The molecule has 1 aromatic rings. The number of pyridine rings is 1. The number of nitrogens with zero attached hydrogens (tertiary/aromatic N) is 1. The minimum atomic E-state index is -1.12. The lowest BCUT2D eigenvalue weighted by molar-refractivity contribution is -0.133. The molecule has 6 nitrogen and oxygen atoms in total. The Morgan fingerprint density at radius 2 is 1.95 bits per heavy atom. The second kappa shape index (κ2) is 6.70. The molecule has 0 spiro atoms. The summed E-state index contributed by atoms with van der Waals surface area (Å²) in [4.78, 5) is 26.9. The number of aromatic nitrogens is 1. The van der Waals surface area contributed by atoms with Gasteiger partial charge in [-0.1, -0.05) is 0 Å². The second-order valence-corrected chi connectivity index (χ2v) is 4.53. The summed E-state index contributed by atoms with van der Waals surface area (Å²) in [5.74, 6) is -1.31. The molecule has 20 heavy (non-hydrogen) atoms. The Balaban J connectivity index is 2.97. The van der Waals surface area contributed by atoms with E-state index >= 15 is 0 Å². The normalized spacial score (nSPS) is 11.8. The number of rotatable bonds is 5. The van der Waals surface area contributed by atoms with E-state index in [1.54, 1.807) is 18.3 Å². The molecule has 0 bridgehead atoms. The Labute approximate surface area is 117 Å². The maximum atomic E-state index is 12.0. The summed E-state index contributed by atoms with van der Waals surface area (Å²) in [5.41, 5.74) is 0.540. The molecule has 0 aliphatic carbocycles. The first-order valence-corrected chi connectivity index (χ1v) is 6.16. The van der Waals surface area contributed by atoms with E-state index in [0.29, 0.717) is 11.6 Å². The first-order valence-electron chi connectivity index (χ1n) is 6.16. The monoisotopic (exact) mass is 278 g/mol. The SMILES string of the molecule is CC(C(=O)O)=C(C)C(=O)Nc1cccnc1OC(C)C. The van der Waals surface area contributed by atoms with Crippen molar-refractivity contribution in [1.82, 2.24) is 4.98 Å². The first-order chi connectivity index (χ1) is 9.32. The van der Waals surface area contributed by atoms with Crippen LogP contribution in [0.5, 0.6) is 5.88 Å². The zero-order valence-corrected chi connectivity index (χ0v) is 11.9. The van der Waals surface area contributed by atoms with Gasteiger partial charge in [0.1, 0.15) is 5.69 Å². The van der Waals surface area contributed by atoms with Gasteiger partial charge >= 0.3 is 5.97 Å². The van der Waals surface area contributed by atoms with E-state index < -0.39 is 11.9 Å². The van der Waals surface area contributed by atoms with Gasteiger partial charge in [0.15, 0.2) is 0 Å². The predicted octanol–water partition coefficient (Wildman–Crippen LogP) is 2.23. The van der Waals surface area contributed by atoms with Crippen LogP contribution < -0.4 is 10.1 Å². The lowest BCUT2D eigenvalue weighted by Crippen LogP contribution is -2.18. The van der Waals surface area contributed by atoms with Gasteiger partial charge in [-0.2, -0.15) is 0 Å². The molecule has 0 atom stereocenters. The number of ether oxygens (including phenoxy) is 1. The minimum absolute atomic E-state index is 0.00211. The Morgan fingerprint density at radius 1 is 1.30 bits per heavy atom. The summed E-state index contributed by atoms with van der Waals surface area (Å²) in [7, 11) is 0. The number of carboxylic acids is 1. The molecule has 0 saturated carbocycles. The van der Waals surface area contributed by atoms with E-state index in [4.69, 9.17) is 9.84 Å². The van der Waals surface area contributed by atoms with Crippen LogP contribution in [-0.4, -0.2) is 28.1 Å². The molecule has 1 heterocycles. The van der Waals surface area contributed by atoms with Gasteiger partial charge in [-0.25, -0.2) is 9.78 Å². The van der Waals surface area contributed by atoms with E-state index in [0.717, 1.165) is 0 Å². The fraction of sp³-hybridized carbons (Fsp3) is 0.357. The number of hydrogen-bond acceptors (Lipinski definition) is 4. The van der Waals surface area contributed by atoms with Crippen LogP contribution in [-0.2, 0) is 9.59 Å². The van der Waals surface area contributed by atoms with Gasteiger partial charge in [0.25, 0.3) is 5.91 Å². The summed E-state index contributed by atoms with van der Waals surface area (Å²) in [6.07, 6.45) is 1.47. The van der Waals surface area contributed by atoms with Crippen LogP contribution in [0.1, 0.15) is 27.7 Å². The lowest BCUT2D eigenvalue weighted by Gasteiger charge is -2.13. The molecule has 0 fully saturated rings. The van der Waals surface area contributed by atoms with Gasteiger partial charge in [0, 0.05) is 17.3 Å². The zero-order valence-electron chi connectivity index (χ0n) is 11.9. The molecule has 0 aromatic carbocycles. The molecule has 6 heteroatoms. The second-order valence-electron chi connectivity index (χ2n) is 4.53. The van der Waals surface area contributed by atoms with Crippen molar-refractivity contribution < 1.29 is 19.4 Å². The summed E-state index contributed by atoms with van der Waals surface area (Å²) < 4.78 is 5.48. The third-order valence-corrected chi connectivity index (χ3v) is 2.59. The highest BCUT2D eigenvalue weighted by Crippen LogP contribution is 2.22. The highest BCUT2D eigenvalue weighted by molar-refractivity contribution is 6.08. The number of carbonyl (C=O) groups excluding carboxylic acids is 1. The molecule has 1 amide bonds. The molecular weight excluding hydrogens is 260 g/mol. The van der Waals surface area contributed by atoms with E-state index in [2.05, 4.69) is 10.3 Å². The summed E-state index contributed by atoms with van der Waals surface area (Å²) in [6, 6.07) is 3.30. The first kappa shape index (κ1) is 15.7. The van der Waals surface area contributed by atoms with Crippen molar-refractivity contribution in [2.75, 3.05) is 5.32 Å². The minimum Gasteiger partial charge on any atom is -0.478 e. The summed E-state index contributed by atoms with van der Waals surface area (Å²) in [6.45, 7) is 6.53. The van der Waals surface area contributed by atoms with Crippen molar-refractivity contribution in [1.29, 1.82) is 0 Å². The Hall–Kier alpha value is -2.37. The van der Waals surface area contributed by atoms with Gasteiger partial charge in [-0.05, 0) is 39.8 Å². The largest absolute Gasteiger partial charge is 0.478 e. The van der Waals surface area contributed by atoms with Crippen LogP contribution in [0.4, 0.5) is 5.69 Å². The zero-order chi connectivity index (χ0) is 15.3. The van der Waals surface area contributed by atoms with Crippen molar-refractivity contribution in [2.45, 2.75) is 33.8 Å². The fourth-order valence-electron chi connectivity index (χ4n) is 1.35. The van der Waals surface area contributed by atoms with Crippen molar-refractivity contribution in [3.8, 4) is 5.88 Å². The number of carbonyl (C=O) groups is 2. The van der Waals surface area contributed by atoms with Crippen molar-refractivity contribution >= 4 is 17.6 Å². The number of amides is 1. The molecule has 0 unspecified atom stereocenters. The third-order valence-electron chi connectivity index (χ3n) is 2.59. The van der Waals surface area contributed by atoms with E-state index in [1.807, 2.05) is 13.8 Å². The smallest absolute Gasteiger partial charge is 0.331 e. The van der Waals surface area contributed by atoms with Crippen LogP contribution in [0, 0.1) is 0 Å². The Kier molecular flexibility index (Phi) is 5.25. The average molecular weight is 278 g/mol. The van der Waals surface area contributed by atoms with Crippen LogP contribution in [0.2, 0.25) is 0 Å². The highest BCUT2D eigenvalue weighted by Gasteiger charge is 2.15. The fourth-order valence-corrected chi connectivity index (χ4v) is 1.35. The van der Waals surface area contributed by atoms with Crippen molar-refractivity contribution in [3.05, 3.63) is 29.5 Å². The topological polar surface area (TPSA) is 88.5 Å². The quantitative estimate of drug-likeness (QED) is 0.806. The van der Waals surface area contributed by atoms with Crippen molar-refractivity contribution in [2.24, 2.45) is 0 Å². The number of hydrogen-bond donors (Lipinski definition) is 2. The highest BCUT2D eigenvalue weighted by atomic mass is 16.5. The predicted molar refractivity (Wildman–Crippen MR) is 74.6 cm³/mol. The van der Waals surface area contributed by atoms with E-state index in [9.17, 15) is 9.59 Å². The molecule has 1 aromatic heterocycles. The number of aliphatic carboxylic acids is 1. The maximum absolute atomic E-state index is 12.0. The third kappa shape index (κ3) is 4.08. The van der Waals surface area contributed by atoms with Gasteiger partial charge in [0.05, 0.1) is 6.10 Å². The van der Waals surface area contributed by atoms with Crippen LogP contribution in [0.25, 0.3) is 0 Å². The van der Waals surface area contributed by atoms with Crippen LogP contribution in [0.15, 0.2) is 29.5 Å². The van der Waals surface area contributed by atoms with Gasteiger partial charge in [-0.3, -0.25) is 4.79 Å². The van der Waals surface area contributed by atoms with E-state index in [-0.39, 0.29) is 17.3 Å². The molecule has 0 saturated heterocycles.